The first-order valence-electron chi connectivity index (χ1n) is 3.50. The van der Waals surface area contributed by atoms with Gasteiger partial charge in [0.15, 0.2) is 0 Å². The van der Waals surface area contributed by atoms with Crippen LogP contribution in [0.1, 0.15) is 0 Å². The highest BCUT2D eigenvalue weighted by Gasteiger charge is 2.21. The number of hydrogen-bond donors (Lipinski definition) is 0. The third-order valence-electron chi connectivity index (χ3n) is 1.52. The zero-order valence-corrected chi connectivity index (χ0v) is 7.52. The summed E-state index contributed by atoms with van der Waals surface area (Å²) in [5, 5.41) is 30.9. The quantitative estimate of drug-likeness (QED) is 0.545. The Morgan fingerprint density at radius 1 is 0.688 bits per heavy atom. The van der Waals surface area contributed by atoms with Crippen LogP contribution in [0.4, 0.5) is 17.1 Å². The van der Waals surface area contributed by atoms with E-state index >= 15 is 0 Å². The van der Waals surface area contributed by atoms with Crippen LogP contribution in [0.2, 0.25) is 0 Å². The zero-order chi connectivity index (χ0) is 11.6. The van der Waals surface area contributed by atoms with Crippen LogP contribution in [0.5, 0.6) is 0 Å². The predicted octanol–water partition coefficient (Wildman–Crippen LogP) is 0.586. The molecule has 1 aromatic carbocycles. The summed E-state index contributed by atoms with van der Waals surface area (Å²) in [6.45, 7) is 0. The van der Waals surface area contributed by atoms with E-state index in [9.17, 15) is 30.3 Å². The molecule has 0 aromatic heterocycles. The number of benzene rings is 1. The summed E-state index contributed by atoms with van der Waals surface area (Å²) in [5.41, 5.74) is -2.05. The van der Waals surface area contributed by atoms with E-state index < -0.39 is 31.8 Å². The van der Waals surface area contributed by atoms with Gasteiger partial charge in [-0.05, 0) is 0 Å². The van der Waals surface area contributed by atoms with Gasteiger partial charge in [0, 0.05) is 0 Å². The van der Waals surface area contributed by atoms with Crippen molar-refractivity contribution >= 4 is 17.1 Å². The first kappa shape index (κ1) is 13.4. The molecule has 16 heavy (non-hydrogen) atoms. The third-order valence-corrected chi connectivity index (χ3v) is 1.52. The van der Waals surface area contributed by atoms with E-state index in [2.05, 4.69) is 0 Å². The van der Waals surface area contributed by atoms with Crippen LogP contribution in [-0.2, 0) is 0 Å². The van der Waals surface area contributed by atoms with Crippen LogP contribution < -0.4 is 0 Å². The maximum absolute atomic E-state index is 10.3. The molecule has 0 saturated heterocycles. The highest BCUT2D eigenvalue weighted by Crippen LogP contribution is 2.26. The first-order valence-corrected chi connectivity index (χ1v) is 3.50. The second kappa shape index (κ2) is 4.75. The summed E-state index contributed by atoms with van der Waals surface area (Å²) >= 11 is 0. The Kier molecular flexibility index (Phi) is 3.97. The fraction of sp³-hybridized carbons (Fsp3) is 0. The molecule has 0 heterocycles. The summed E-state index contributed by atoms with van der Waals surface area (Å²) in [6, 6.07) is 1.98. The van der Waals surface area contributed by atoms with Crippen molar-refractivity contribution in [2.75, 3.05) is 0 Å². The Hall–Kier alpha value is -2.62. The first-order chi connectivity index (χ1) is 6.91. The molecule has 0 aliphatic heterocycles. The van der Waals surface area contributed by atoms with Gasteiger partial charge in [0.1, 0.15) is 0 Å². The van der Waals surface area contributed by atoms with Crippen LogP contribution in [-0.4, -0.2) is 20.2 Å². The third kappa shape index (κ3) is 2.68. The number of nitro groups is 3. The second-order valence-corrected chi connectivity index (χ2v) is 2.48. The van der Waals surface area contributed by atoms with Gasteiger partial charge in [0.05, 0.1) is 33.0 Å². The highest BCUT2D eigenvalue weighted by molar-refractivity contribution is 5.52. The minimum atomic E-state index is -0.931. The zero-order valence-electron chi connectivity index (χ0n) is 7.52. The normalized spacial score (nSPS) is 9.00. The van der Waals surface area contributed by atoms with E-state index in [4.69, 9.17) is 0 Å². The molecular formula is C6H5N3O7. The molecule has 86 valence electrons. The lowest BCUT2D eigenvalue weighted by Crippen LogP contribution is -1.96. The minimum absolute atomic E-state index is 0. The smallest absolute Gasteiger partial charge is 0.283 e. The molecule has 0 atom stereocenters. The second-order valence-electron chi connectivity index (χ2n) is 2.48. The van der Waals surface area contributed by atoms with Crippen molar-refractivity contribution in [1.29, 1.82) is 0 Å². The van der Waals surface area contributed by atoms with Crippen molar-refractivity contribution in [3.8, 4) is 0 Å². The van der Waals surface area contributed by atoms with Crippen LogP contribution >= 0.6 is 0 Å². The largest absolute Gasteiger partial charge is 0.412 e. The van der Waals surface area contributed by atoms with Crippen molar-refractivity contribution in [3.63, 3.8) is 0 Å². The summed E-state index contributed by atoms with van der Waals surface area (Å²) in [5.74, 6) is 0. The lowest BCUT2D eigenvalue weighted by Gasteiger charge is -1.93. The average molecular weight is 231 g/mol. The van der Waals surface area contributed by atoms with Gasteiger partial charge in [0.2, 0.25) is 0 Å². The Morgan fingerprint density at radius 3 is 1.00 bits per heavy atom. The predicted molar refractivity (Wildman–Crippen MR) is 50.0 cm³/mol. The topological polar surface area (TPSA) is 161 Å². The number of nitrogens with zero attached hydrogens (tertiary/aromatic N) is 3. The van der Waals surface area contributed by atoms with Crippen molar-refractivity contribution in [1.82, 2.24) is 0 Å². The van der Waals surface area contributed by atoms with Crippen LogP contribution in [0.15, 0.2) is 18.2 Å². The lowest BCUT2D eigenvalue weighted by atomic mass is 10.2. The van der Waals surface area contributed by atoms with Crippen molar-refractivity contribution < 1.29 is 20.2 Å². The fourth-order valence-electron chi connectivity index (χ4n) is 0.896. The lowest BCUT2D eigenvalue weighted by molar-refractivity contribution is -0.403. The Balaban J connectivity index is 0.00000225. The number of hydrogen-bond acceptors (Lipinski definition) is 6. The molecule has 0 fully saturated rings. The van der Waals surface area contributed by atoms with Gasteiger partial charge in [-0.2, -0.15) is 0 Å². The Labute approximate surface area is 86.9 Å². The SMILES string of the molecule is O.O=[N+]([O-])c1cc([N+](=O)[O-])cc([N+](=O)[O-])c1. The molecule has 0 saturated carbocycles. The molecule has 0 bridgehead atoms. The van der Waals surface area contributed by atoms with Gasteiger partial charge in [0.25, 0.3) is 17.1 Å². The molecule has 0 aliphatic rings. The van der Waals surface area contributed by atoms with Crippen LogP contribution in [0.3, 0.4) is 0 Å². The summed E-state index contributed by atoms with van der Waals surface area (Å²) in [4.78, 5) is 28.1. The molecule has 0 spiro atoms. The average Bonchev–Trinajstić information content (AvgIpc) is 2.16. The van der Waals surface area contributed by atoms with E-state index in [-0.39, 0.29) is 5.48 Å². The molecule has 2 N–H and O–H groups in total. The summed E-state index contributed by atoms with van der Waals surface area (Å²) in [6.07, 6.45) is 0. The molecular weight excluding hydrogens is 226 g/mol. The van der Waals surface area contributed by atoms with Gasteiger partial charge < -0.3 is 5.48 Å². The number of non-ortho nitro benzene ring substituents is 3. The fourth-order valence-corrected chi connectivity index (χ4v) is 0.896. The van der Waals surface area contributed by atoms with Crippen molar-refractivity contribution in [2.24, 2.45) is 0 Å². The minimum Gasteiger partial charge on any atom is -0.412 e. The molecule has 0 radical (unpaired) electrons. The van der Waals surface area contributed by atoms with Crippen molar-refractivity contribution in [3.05, 3.63) is 48.5 Å². The standard InChI is InChI=1S/C6H3N3O6.H2O/c10-7(11)4-1-5(8(12)13)3-6(2-4)9(14)15;/h1-3H;1H2. The molecule has 10 nitrogen and oxygen atoms in total. The maximum Gasteiger partial charge on any atom is 0.283 e. The molecule has 0 unspecified atom stereocenters. The van der Waals surface area contributed by atoms with E-state index in [1.807, 2.05) is 0 Å². The van der Waals surface area contributed by atoms with E-state index in [1.165, 1.54) is 0 Å². The molecule has 0 aliphatic carbocycles. The molecule has 1 aromatic rings. The van der Waals surface area contributed by atoms with E-state index in [1.54, 1.807) is 0 Å². The van der Waals surface area contributed by atoms with Gasteiger partial charge in [-0.3, -0.25) is 30.3 Å². The monoisotopic (exact) mass is 231 g/mol. The molecule has 0 amide bonds. The number of nitro benzene ring substituents is 3. The van der Waals surface area contributed by atoms with Gasteiger partial charge >= 0.3 is 0 Å². The summed E-state index contributed by atoms with van der Waals surface area (Å²) in [7, 11) is 0. The Morgan fingerprint density at radius 2 is 0.875 bits per heavy atom. The number of rotatable bonds is 3. The van der Waals surface area contributed by atoms with Gasteiger partial charge in [-0.25, -0.2) is 0 Å². The maximum atomic E-state index is 10.3. The van der Waals surface area contributed by atoms with Crippen molar-refractivity contribution in [2.45, 2.75) is 0 Å². The van der Waals surface area contributed by atoms with Gasteiger partial charge in [-0.15, -0.1) is 0 Å². The Bertz CT molecular complexity index is 378. The molecule has 10 heteroatoms. The van der Waals surface area contributed by atoms with E-state index in [0.29, 0.717) is 18.2 Å². The highest BCUT2D eigenvalue weighted by atomic mass is 16.6. The summed E-state index contributed by atoms with van der Waals surface area (Å²) < 4.78 is 0. The van der Waals surface area contributed by atoms with Crippen LogP contribution in [0.25, 0.3) is 0 Å². The van der Waals surface area contributed by atoms with E-state index in [0.717, 1.165) is 0 Å². The van der Waals surface area contributed by atoms with Gasteiger partial charge in [-0.1, -0.05) is 0 Å². The van der Waals surface area contributed by atoms with Crippen LogP contribution in [0, 0.1) is 30.3 Å². The molecule has 1 rings (SSSR count).